The van der Waals surface area contributed by atoms with E-state index in [4.69, 9.17) is 4.74 Å². The molecule has 0 heterocycles. The van der Waals surface area contributed by atoms with Crippen molar-refractivity contribution >= 4 is 5.91 Å². The number of hydrogen-bond donors (Lipinski definition) is 0. The van der Waals surface area contributed by atoms with Gasteiger partial charge >= 0.3 is 6.18 Å². The highest BCUT2D eigenvalue weighted by molar-refractivity contribution is 5.99. The SMILES string of the molecule is C=C(OCC(C)N(CC)C(=O)C1=C(CC)CC=CC=C1N(C)/C(=C\C#CCC)CC)/C(F)=C\C(=C/C)C(F)(F)F. The van der Waals surface area contributed by atoms with Gasteiger partial charge in [-0.3, -0.25) is 4.79 Å². The topological polar surface area (TPSA) is 32.8 Å². The normalized spacial score (nSPS) is 15.6. The smallest absolute Gasteiger partial charge is 0.416 e. The van der Waals surface area contributed by atoms with Gasteiger partial charge in [0.25, 0.3) is 5.91 Å². The zero-order valence-electron chi connectivity index (χ0n) is 24.7. The van der Waals surface area contributed by atoms with Crippen molar-refractivity contribution in [2.24, 2.45) is 0 Å². The molecule has 1 amide bonds. The molecule has 0 aromatic carbocycles. The average molecular weight is 563 g/mol. The summed E-state index contributed by atoms with van der Waals surface area (Å²) in [7, 11) is 1.91. The summed E-state index contributed by atoms with van der Waals surface area (Å²) < 4.78 is 58.8. The number of hydrogen-bond acceptors (Lipinski definition) is 3. The Bertz CT molecular complexity index is 1160. The molecule has 1 rings (SSSR count). The van der Waals surface area contributed by atoms with Crippen LogP contribution in [0.5, 0.6) is 0 Å². The maximum absolute atomic E-state index is 14.4. The molecule has 1 unspecified atom stereocenters. The van der Waals surface area contributed by atoms with E-state index in [2.05, 4.69) is 18.4 Å². The summed E-state index contributed by atoms with van der Waals surface area (Å²) >= 11 is 0. The Morgan fingerprint density at radius 2 is 1.93 bits per heavy atom. The van der Waals surface area contributed by atoms with E-state index < -0.39 is 29.4 Å². The Morgan fingerprint density at radius 1 is 1.25 bits per heavy atom. The van der Waals surface area contributed by atoms with Crippen LogP contribution < -0.4 is 0 Å². The summed E-state index contributed by atoms with van der Waals surface area (Å²) in [6.07, 6.45) is 6.90. The molecule has 0 aliphatic heterocycles. The molecular formula is C32H42F4N2O2. The maximum Gasteiger partial charge on any atom is 0.416 e. The third-order valence-corrected chi connectivity index (χ3v) is 6.50. The fourth-order valence-corrected chi connectivity index (χ4v) is 4.15. The van der Waals surface area contributed by atoms with E-state index in [9.17, 15) is 22.4 Å². The van der Waals surface area contributed by atoms with Crippen LogP contribution in [0.25, 0.3) is 0 Å². The van der Waals surface area contributed by atoms with Gasteiger partial charge in [0.2, 0.25) is 0 Å². The fraction of sp³-hybridized carbons (Fsp3) is 0.469. The number of amides is 1. The second-order valence-corrected chi connectivity index (χ2v) is 9.15. The van der Waals surface area contributed by atoms with Crippen molar-refractivity contribution in [2.75, 3.05) is 20.2 Å². The van der Waals surface area contributed by atoms with Crippen molar-refractivity contribution in [1.29, 1.82) is 0 Å². The minimum absolute atomic E-state index is 0.147. The van der Waals surface area contributed by atoms with Crippen molar-refractivity contribution in [3.8, 4) is 11.8 Å². The summed E-state index contributed by atoms with van der Waals surface area (Å²) in [5.41, 5.74) is 2.12. The van der Waals surface area contributed by atoms with Gasteiger partial charge in [-0.15, -0.1) is 0 Å². The molecule has 0 saturated heterocycles. The summed E-state index contributed by atoms with van der Waals surface area (Å²) in [6.45, 7) is 14.4. The van der Waals surface area contributed by atoms with Crippen LogP contribution in [0.3, 0.4) is 0 Å². The van der Waals surface area contributed by atoms with Gasteiger partial charge in [0.15, 0.2) is 5.83 Å². The molecular weight excluding hydrogens is 520 g/mol. The first-order chi connectivity index (χ1) is 18.9. The van der Waals surface area contributed by atoms with E-state index >= 15 is 0 Å². The Hall–Kier alpha value is -3.47. The van der Waals surface area contributed by atoms with Gasteiger partial charge in [-0.25, -0.2) is 4.39 Å². The average Bonchev–Trinajstić information content (AvgIpc) is 3.14. The first-order valence-electron chi connectivity index (χ1n) is 13.6. The third-order valence-electron chi connectivity index (χ3n) is 6.50. The van der Waals surface area contributed by atoms with Crippen molar-refractivity contribution in [3.05, 3.63) is 82.7 Å². The largest absolute Gasteiger partial charge is 0.489 e. The lowest BCUT2D eigenvalue weighted by atomic mass is 9.98. The van der Waals surface area contributed by atoms with Crippen LogP contribution in [0.4, 0.5) is 17.6 Å². The molecule has 0 spiro atoms. The van der Waals surface area contributed by atoms with Crippen molar-refractivity contribution in [3.63, 3.8) is 0 Å². The molecule has 1 atom stereocenters. The molecule has 0 aromatic heterocycles. The molecule has 0 fully saturated rings. The zero-order valence-corrected chi connectivity index (χ0v) is 24.7. The summed E-state index contributed by atoms with van der Waals surface area (Å²) in [4.78, 5) is 17.7. The van der Waals surface area contributed by atoms with Gasteiger partial charge in [-0.2, -0.15) is 13.2 Å². The second kappa shape index (κ2) is 16.6. The van der Waals surface area contributed by atoms with Crippen molar-refractivity contribution in [1.82, 2.24) is 9.80 Å². The van der Waals surface area contributed by atoms with Gasteiger partial charge in [0, 0.05) is 31.8 Å². The monoisotopic (exact) mass is 562 g/mol. The first kappa shape index (κ1) is 34.6. The van der Waals surface area contributed by atoms with Crippen LogP contribution in [-0.2, 0) is 9.53 Å². The molecule has 1 aliphatic rings. The molecule has 4 nitrogen and oxygen atoms in total. The Kier molecular flexibility index (Phi) is 14.3. The number of carbonyl (C=O) groups excluding carboxylic acids is 1. The summed E-state index contributed by atoms with van der Waals surface area (Å²) in [5.74, 6) is 4.15. The highest BCUT2D eigenvalue weighted by Crippen LogP contribution is 2.31. The lowest BCUT2D eigenvalue weighted by Crippen LogP contribution is -2.43. The number of likely N-dealkylation sites (N-methyl/N-ethyl adjacent to an activating group) is 2. The molecule has 1 aliphatic carbocycles. The van der Waals surface area contributed by atoms with E-state index in [1.807, 2.05) is 63.9 Å². The second-order valence-electron chi connectivity index (χ2n) is 9.15. The van der Waals surface area contributed by atoms with Crippen molar-refractivity contribution in [2.45, 2.75) is 79.4 Å². The van der Waals surface area contributed by atoms with Gasteiger partial charge in [-0.05, 0) is 52.2 Å². The van der Waals surface area contributed by atoms with Crippen LogP contribution in [0.1, 0.15) is 67.2 Å². The predicted octanol–water partition coefficient (Wildman–Crippen LogP) is 8.31. The minimum atomic E-state index is -4.70. The Labute approximate surface area is 237 Å². The lowest BCUT2D eigenvalue weighted by molar-refractivity contribution is -0.129. The molecule has 0 bridgehead atoms. The number of alkyl halides is 3. The maximum atomic E-state index is 14.4. The van der Waals surface area contributed by atoms with Crippen LogP contribution in [0.15, 0.2) is 82.7 Å². The first-order valence-corrected chi connectivity index (χ1v) is 13.6. The van der Waals surface area contributed by atoms with Crippen LogP contribution in [0, 0.1) is 11.8 Å². The van der Waals surface area contributed by atoms with E-state index in [1.165, 1.54) is 6.92 Å². The molecule has 0 N–H and O–H groups in total. The quantitative estimate of drug-likeness (QED) is 0.104. The Balaban J connectivity index is 3.29. The number of rotatable bonds is 12. The van der Waals surface area contributed by atoms with E-state index in [-0.39, 0.29) is 12.5 Å². The van der Waals surface area contributed by atoms with Gasteiger partial charge in [-0.1, -0.05) is 63.0 Å². The molecule has 40 heavy (non-hydrogen) atoms. The molecule has 0 saturated carbocycles. The molecule has 0 aromatic rings. The summed E-state index contributed by atoms with van der Waals surface area (Å²) in [5, 5.41) is 0. The van der Waals surface area contributed by atoms with Crippen molar-refractivity contribution < 1.29 is 27.1 Å². The standard InChI is InChI=1S/C32H42F4N2O2/c1-9-14-15-19-27(12-4)37(8)29-20-17-16-18-25(10-2)30(29)31(39)38(13-5)23(6)22-40-24(7)28(33)21-26(11-3)32(34,35)36/h11,16-17,19-21,23H,7,9-10,12-13,18,22H2,1-6,8H3/b26-11+,27-19-,28-21+. The number of nitrogens with zero attached hydrogens (tertiary/aromatic N) is 2. The van der Waals surface area contributed by atoms with E-state index in [0.29, 0.717) is 37.5 Å². The number of allylic oxidation sites excluding steroid dienone is 10. The number of carbonyl (C=O) groups is 1. The highest BCUT2D eigenvalue weighted by atomic mass is 19.4. The Morgan fingerprint density at radius 3 is 2.45 bits per heavy atom. The minimum Gasteiger partial charge on any atom is -0.489 e. The van der Waals surface area contributed by atoms with E-state index in [1.54, 1.807) is 11.8 Å². The fourth-order valence-electron chi connectivity index (χ4n) is 4.15. The molecule has 8 heteroatoms. The summed E-state index contributed by atoms with van der Waals surface area (Å²) in [6, 6.07) is -0.518. The number of ether oxygens (including phenoxy) is 1. The number of halogens is 4. The van der Waals surface area contributed by atoms with Gasteiger partial charge < -0.3 is 14.5 Å². The van der Waals surface area contributed by atoms with Gasteiger partial charge in [0.05, 0.1) is 22.9 Å². The third kappa shape index (κ3) is 9.62. The molecule has 0 radical (unpaired) electrons. The van der Waals surface area contributed by atoms with Crippen LogP contribution in [0.2, 0.25) is 0 Å². The van der Waals surface area contributed by atoms with Crippen LogP contribution in [-0.4, -0.2) is 48.1 Å². The van der Waals surface area contributed by atoms with Crippen LogP contribution >= 0.6 is 0 Å². The van der Waals surface area contributed by atoms with E-state index in [0.717, 1.165) is 29.5 Å². The molecule has 220 valence electrons. The predicted molar refractivity (Wildman–Crippen MR) is 154 cm³/mol. The zero-order chi connectivity index (χ0) is 30.5. The highest BCUT2D eigenvalue weighted by Gasteiger charge is 2.32. The van der Waals surface area contributed by atoms with Gasteiger partial charge in [0.1, 0.15) is 12.4 Å². The lowest BCUT2D eigenvalue weighted by Gasteiger charge is -2.33.